The molecule has 1 heterocycles. The van der Waals surface area contributed by atoms with E-state index in [1.165, 1.54) is 0 Å². The predicted molar refractivity (Wildman–Crippen MR) is 84.3 cm³/mol. The maximum atomic E-state index is 12.1. The van der Waals surface area contributed by atoms with Gasteiger partial charge in [0.15, 0.2) is 0 Å². The highest BCUT2D eigenvalue weighted by Gasteiger charge is 2.12. The van der Waals surface area contributed by atoms with Crippen molar-refractivity contribution >= 4 is 15.8 Å². The topological polar surface area (TPSA) is 71.1 Å². The van der Waals surface area contributed by atoms with Crippen molar-refractivity contribution in [3.05, 3.63) is 59.8 Å². The Bertz CT molecular complexity index is 672. The summed E-state index contributed by atoms with van der Waals surface area (Å²) in [5, 5.41) is 3.22. The van der Waals surface area contributed by atoms with Crippen molar-refractivity contribution in [3.8, 4) is 0 Å². The van der Waals surface area contributed by atoms with Crippen LogP contribution in [0, 0.1) is 0 Å². The molecule has 2 aromatic rings. The number of sulfonamides is 1. The molecule has 1 aromatic carbocycles. The van der Waals surface area contributed by atoms with Gasteiger partial charge in [-0.15, -0.1) is 0 Å². The van der Waals surface area contributed by atoms with E-state index in [1.807, 2.05) is 31.2 Å². The van der Waals surface area contributed by atoms with Gasteiger partial charge in [0.25, 0.3) is 0 Å². The zero-order chi connectivity index (χ0) is 15.1. The van der Waals surface area contributed by atoms with Gasteiger partial charge in [-0.2, -0.15) is 0 Å². The third kappa shape index (κ3) is 5.17. The van der Waals surface area contributed by atoms with E-state index in [4.69, 9.17) is 0 Å². The van der Waals surface area contributed by atoms with Crippen molar-refractivity contribution in [2.24, 2.45) is 0 Å². The molecule has 0 aliphatic carbocycles. The molecule has 0 saturated carbocycles. The quantitative estimate of drug-likeness (QED) is 0.822. The van der Waals surface area contributed by atoms with Gasteiger partial charge < -0.3 is 5.32 Å². The van der Waals surface area contributed by atoms with Crippen LogP contribution in [0.2, 0.25) is 0 Å². The van der Waals surface area contributed by atoms with E-state index in [0.717, 1.165) is 24.2 Å². The van der Waals surface area contributed by atoms with E-state index < -0.39 is 10.0 Å². The molecular formula is C15H19N3O2S. The standard InChI is InChI=1S/C15H19N3O2S/c1-2-16-11-13-6-5-7-14(10-13)12-21(19,20)18-15-8-3-4-9-17-15/h3-10,16H,2,11-12H2,1H3,(H,17,18). The third-order valence-electron chi connectivity index (χ3n) is 2.85. The Labute approximate surface area is 125 Å². The van der Waals surface area contributed by atoms with Crippen LogP contribution in [0.5, 0.6) is 0 Å². The summed E-state index contributed by atoms with van der Waals surface area (Å²) < 4.78 is 26.7. The van der Waals surface area contributed by atoms with Crippen LogP contribution in [0.25, 0.3) is 0 Å². The van der Waals surface area contributed by atoms with E-state index in [-0.39, 0.29) is 5.75 Å². The molecule has 5 nitrogen and oxygen atoms in total. The number of hydrogen-bond acceptors (Lipinski definition) is 4. The van der Waals surface area contributed by atoms with Gasteiger partial charge >= 0.3 is 0 Å². The van der Waals surface area contributed by atoms with Gasteiger partial charge in [0, 0.05) is 12.7 Å². The minimum Gasteiger partial charge on any atom is -0.313 e. The van der Waals surface area contributed by atoms with Crippen LogP contribution in [-0.2, 0) is 22.3 Å². The molecular weight excluding hydrogens is 286 g/mol. The zero-order valence-electron chi connectivity index (χ0n) is 11.9. The molecule has 1 aromatic heterocycles. The van der Waals surface area contributed by atoms with E-state index in [1.54, 1.807) is 24.4 Å². The first-order valence-corrected chi connectivity index (χ1v) is 8.44. The average molecular weight is 305 g/mol. The second kappa shape index (κ2) is 7.19. The van der Waals surface area contributed by atoms with Crippen LogP contribution in [-0.4, -0.2) is 19.9 Å². The molecule has 0 fully saturated rings. The first-order chi connectivity index (χ1) is 10.1. The van der Waals surface area contributed by atoms with Gasteiger partial charge in [0.2, 0.25) is 10.0 Å². The molecule has 0 aliphatic rings. The number of nitrogens with one attached hydrogen (secondary N) is 2. The highest BCUT2D eigenvalue weighted by atomic mass is 32.2. The summed E-state index contributed by atoms with van der Waals surface area (Å²) in [6.07, 6.45) is 1.55. The summed E-state index contributed by atoms with van der Waals surface area (Å²) >= 11 is 0. The fourth-order valence-electron chi connectivity index (χ4n) is 1.94. The number of hydrogen-bond donors (Lipinski definition) is 2. The van der Waals surface area contributed by atoms with Gasteiger partial charge in [-0.1, -0.05) is 37.3 Å². The molecule has 0 bridgehead atoms. The summed E-state index contributed by atoms with van der Waals surface area (Å²) in [7, 11) is -3.46. The predicted octanol–water partition coefficient (Wildman–Crippen LogP) is 2.13. The molecule has 2 rings (SSSR count). The maximum Gasteiger partial charge on any atom is 0.238 e. The van der Waals surface area contributed by atoms with E-state index in [9.17, 15) is 8.42 Å². The lowest BCUT2D eigenvalue weighted by Crippen LogP contribution is -2.16. The van der Waals surface area contributed by atoms with Crippen LogP contribution in [0.3, 0.4) is 0 Å². The largest absolute Gasteiger partial charge is 0.313 e. The summed E-state index contributed by atoms with van der Waals surface area (Å²) in [5.41, 5.74) is 1.83. The van der Waals surface area contributed by atoms with Crippen molar-refractivity contribution in [1.82, 2.24) is 10.3 Å². The van der Waals surface area contributed by atoms with E-state index in [0.29, 0.717) is 5.82 Å². The Balaban J connectivity index is 2.06. The van der Waals surface area contributed by atoms with Crippen molar-refractivity contribution in [1.29, 1.82) is 0 Å². The Hall–Kier alpha value is -1.92. The zero-order valence-corrected chi connectivity index (χ0v) is 12.7. The second-order valence-corrected chi connectivity index (χ2v) is 6.40. The number of benzene rings is 1. The Morgan fingerprint density at radius 2 is 1.90 bits per heavy atom. The number of rotatable bonds is 7. The monoisotopic (exact) mass is 305 g/mol. The maximum absolute atomic E-state index is 12.1. The van der Waals surface area contributed by atoms with Crippen LogP contribution >= 0.6 is 0 Å². The number of aromatic nitrogens is 1. The number of anilines is 1. The summed E-state index contributed by atoms with van der Waals surface area (Å²) in [4.78, 5) is 3.96. The fourth-order valence-corrected chi connectivity index (χ4v) is 3.07. The first kappa shape index (κ1) is 15.5. The molecule has 112 valence electrons. The summed E-state index contributed by atoms with van der Waals surface area (Å²) in [6.45, 7) is 3.65. The first-order valence-electron chi connectivity index (χ1n) is 6.79. The number of pyridine rings is 1. The van der Waals surface area contributed by atoms with Gasteiger partial charge in [-0.05, 0) is 29.8 Å². The fraction of sp³-hybridized carbons (Fsp3) is 0.267. The van der Waals surface area contributed by atoms with Crippen LogP contribution in [0.1, 0.15) is 18.1 Å². The molecule has 0 spiro atoms. The lowest BCUT2D eigenvalue weighted by Gasteiger charge is -2.08. The molecule has 0 aliphatic heterocycles. The van der Waals surface area contributed by atoms with E-state index >= 15 is 0 Å². The molecule has 0 radical (unpaired) electrons. The molecule has 0 amide bonds. The Morgan fingerprint density at radius 3 is 2.62 bits per heavy atom. The van der Waals surface area contributed by atoms with Crippen LogP contribution < -0.4 is 10.0 Å². The van der Waals surface area contributed by atoms with Crippen LogP contribution in [0.15, 0.2) is 48.7 Å². The minimum absolute atomic E-state index is 0.0659. The molecule has 0 unspecified atom stereocenters. The average Bonchev–Trinajstić information content (AvgIpc) is 2.45. The summed E-state index contributed by atoms with van der Waals surface area (Å²) in [5.74, 6) is 0.269. The van der Waals surface area contributed by atoms with Crippen molar-refractivity contribution < 1.29 is 8.42 Å². The smallest absolute Gasteiger partial charge is 0.238 e. The summed E-state index contributed by atoms with van der Waals surface area (Å²) in [6, 6.07) is 12.7. The second-order valence-electron chi connectivity index (χ2n) is 4.68. The Morgan fingerprint density at radius 1 is 1.10 bits per heavy atom. The normalized spacial score (nSPS) is 11.3. The van der Waals surface area contributed by atoms with Gasteiger partial charge in [0.05, 0.1) is 5.75 Å². The molecule has 2 N–H and O–H groups in total. The third-order valence-corrected chi connectivity index (χ3v) is 4.09. The van der Waals surface area contributed by atoms with Gasteiger partial charge in [-0.3, -0.25) is 4.72 Å². The van der Waals surface area contributed by atoms with Crippen LogP contribution in [0.4, 0.5) is 5.82 Å². The SMILES string of the molecule is CCNCc1cccc(CS(=O)(=O)Nc2ccccn2)c1. The lowest BCUT2D eigenvalue weighted by atomic mass is 10.1. The highest BCUT2D eigenvalue weighted by Crippen LogP contribution is 2.12. The molecule has 0 atom stereocenters. The molecule has 0 saturated heterocycles. The Kier molecular flexibility index (Phi) is 5.30. The molecule has 6 heteroatoms. The molecule has 21 heavy (non-hydrogen) atoms. The van der Waals surface area contributed by atoms with Crippen molar-refractivity contribution in [3.63, 3.8) is 0 Å². The van der Waals surface area contributed by atoms with Gasteiger partial charge in [0.1, 0.15) is 5.82 Å². The van der Waals surface area contributed by atoms with Crippen molar-refractivity contribution in [2.45, 2.75) is 19.2 Å². The van der Waals surface area contributed by atoms with Crippen molar-refractivity contribution in [2.75, 3.05) is 11.3 Å². The number of nitrogens with zero attached hydrogens (tertiary/aromatic N) is 1. The van der Waals surface area contributed by atoms with E-state index in [2.05, 4.69) is 15.0 Å². The van der Waals surface area contributed by atoms with Gasteiger partial charge in [-0.25, -0.2) is 13.4 Å². The highest BCUT2D eigenvalue weighted by molar-refractivity contribution is 7.91. The lowest BCUT2D eigenvalue weighted by molar-refractivity contribution is 0.600. The minimum atomic E-state index is -3.46.